The highest BCUT2D eigenvalue weighted by Gasteiger charge is 2.19. The normalized spacial score (nSPS) is 12.0. The Morgan fingerprint density at radius 3 is 2.54 bits per heavy atom. The summed E-state index contributed by atoms with van der Waals surface area (Å²) >= 11 is 0. The molecule has 146 valence electrons. The number of alkyl halides is 2. The third-order valence-corrected chi connectivity index (χ3v) is 4.34. The number of rotatable bonds is 8. The van der Waals surface area contributed by atoms with Gasteiger partial charge in [0.25, 0.3) is 5.91 Å². The zero-order valence-corrected chi connectivity index (χ0v) is 15.4. The molecule has 0 spiro atoms. The Bertz CT molecular complexity index is 896. The van der Waals surface area contributed by atoms with E-state index in [2.05, 4.69) is 15.2 Å². The molecule has 0 bridgehead atoms. The van der Waals surface area contributed by atoms with Crippen molar-refractivity contribution in [1.82, 2.24) is 15.1 Å². The van der Waals surface area contributed by atoms with Crippen LogP contribution in [0.1, 0.15) is 40.9 Å². The van der Waals surface area contributed by atoms with Gasteiger partial charge < -0.3 is 10.1 Å². The molecule has 5 nitrogen and oxygen atoms in total. The summed E-state index contributed by atoms with van der Waals surface area (Å²) in [4.78, 5) is 12.6. The number of benzene rings is 2. The molecule has 0 aliphatic heterocycles. The van der Waals surface area contributed by atoms with E-state index in [1.807, 2.05) is 31.3 Å². The highest BCUT2D eigenvalue weighted by Crippen LogP contribution is 2.28. The number of amides is 1. The molecule has 7 heteroatoms. The maximum Gasteiger partial charge on any atom is 0.387 e. The van der Waals surface area contributed by atoms with E-state index in [0.29, 0.717) is 24.1 Å². The van der Waals surface area contributed by atoms with Gasteiger partial charge in [-0.05, 0) is 36.2 Å². The molecule has 0 aliphatic rings. The van der Waals surface area contributed by atoms with Crippen LogP contribution in [-0.4, -0.2) is 22.3 Å². The lowest BCUT2D eigenvalue weighted by Gasteiger charge is -2.20. The monoisotopic (exact) mass is 385 g/mol. The van der Waals surface area contributed by atoms with E-state index in [0.717, 1.165) is 5.56 Å². The number of hydrogen-bond acceptors (Lipinski definition) is 3. The number of nitrogens with zero attached hydrogens (tertiary/aromatic N) is 2. The first kappa shape index (κ1) is 19.5. The molecule has 0 fully saturated rings. The molecule has 0 radical (unpaired) electrons. The maximum atomic E-state index is 12.7. The number of carbonyl (C=O) groups excluding carboxylic acids is 1. The molecule has 28 heavy (non-hydrogen) atoms. The Morgan fingerprint density at radius 2 is 1.89 bits per heavy atom. The van der Waals surface area contributed by atoms with E-state index >= 15 is 0 Å². The van der Waals surface area contributed by atoms with Crippen LogP contribution in [0.2, 0.25) is 0 Å². The lowest BCUT2D eigenvalue weighted by atomic mass is 10.0. The van der Waals surface area contributed by atoms with Crippen LogP contribution in [0.15, 0.2) is 67.0 Å². The first-order valence-electron chi connectivity index (χ1n) is 8.97. The molecule has 1 unspecified atom stereocenters. The molecule has 3 rings (SSSR count). The summed E-state index contributed by atoms with van der Waals surface area (Å²) in [5.74, 6) is -0.205. The number of para-hydroxylation sites is 1. The highest BCUT2D eigenvalue weighted by atomic mass is 19.3. The fourth-order valence-corrected chi connectivity index (χ4v) is 2.96. The SMILES string of the molecule is CCC(NC(=O)c1ccc(Cn2cccn2)cc1)c1ccccc1OC(F)F. The summed E-state index contributed by atoms with van der Waals surface area (Å²) in [6.07, 6.45) is 4.11. The van der Waals surface area contributed by atoms with Crippen molar-refractivity contribution in [3.63, 3.8) is 0 Å². The van der Waals surface area contributed by atoms with Gasteiger partial charge in [0.1, 0.15) is 5.75 Å². The predicted octanol–water partition coefficient (Wildman–Crippen LogP) is 4.41. The van der Waals surface area contributed by atoms with Crippen LogP contribution in [0, 0.1) is 0 Å². The Hall–Kier alpha value is -3.22. The molecule has 0 saturated heterocycles. The Labute approximate surface area is 161 Å². The summed E-state index contributed by atoms with van der Waals surface area (Å²) in [5, 5.41) is 7.05. The lowest BCUT2D eigenvalue weighted by molar-refractivity contribution is -0.0506. The number of nitrogens with one attached hydrogen (secondary N) is 1. The predicted molar refractivity (Wildman–Crippen MR) is 101 cm³/mol. The quantitative estimate of drug-likeness (QED) is 0.625. The molecule has 0 aliphatic carbocycles. The van der Waals surface area contributed by atoms with E-state index in [4.69, 9.17) is 0 Å². The summed E-state index contributed by atoms with van der Waals surface area (Å²) in [6.45, 7) is -0.432. The first-order valence-corrected chi connectivity index (χ1v) is 8.97. The molecule has 3 aromatic rings. The summed E-state index contributed by atoms with van der Waals surface area (Å²) in [7, 11) is 0. The largest absolute Gasteiger partial charge is 0.434 e. The van der Waals surface area contributed by atoms with E-state index in [1.165, 1.54) is 6.07 Å². The van der Waals surface area contributed by atoms with Gasteiger partial charge in [-0.2, -0.15) is 13.9 Å². The second-order valence-electron chi connectivity index (χ2n) is 6.25. The van der Waals surface area contributed by atoms with E-state index < -0.39 is 12.7 Å². The lowest BCUT2D eigenvalue weighted by Crippen LogP contribution is -2.28. The zero-order valence-electron chi connectivity index (χ0n) is 15.4. The number of hydrogen-bond donors (Lipinski definition) is 1. The summed E-state index contributed by atoms with van der Waals surface area (Å²) in [5.41, 5.74) is 2.03. The molecule has 1 N–H and O–H groups in total. The third-order valence-electron chi connectivity index (χ3n) is 4.34. The van der Waals surface area contributed by atoms with Crippen molar-refractivity contribution >= 4 is 5.91 Å². The van der Waals surface area contributed by atoms with Crippen LogP contribution in [0.3, 0.4) is 0 Å². The summed E-state index contributed by atoms with van der Waals surface area (Å²) < 4.78 is 31.7. The van der Waals surface area contributed by atoms with Crippen molar-refractivity contribution < 1.29 is 18.3 Å². The van der Waals surface area contributed by atoms with Crippen molar-refractivity contribution in [3.05, 3.63) is 83.7 Å². The van der Waals surface area contributed by atoms with Crippen LogP contribution in [0.25, 0.3) is 0 Å². The number of carbonyl (C=O) groups is 1. The first-order chi connectivity index (χ1) is 13.6. The van der Waals surface area contributed by atoms with Gasteiger partial charge in [-0.25, -0.2) is 0 Å². The minimum absolute atomic E-state index is 0.0687. The van der Waals surface area contributed by atoms with Gasteiger partial charge in [0.05, 0.1) is 12.6 Å². The number of ether oxygens (including phenoxy) is 1. The summed E-state index contributed by atoms with van der Waals surface area (Å²) in [6, 6.07) is 15.1. The van der Waals surface area contributed by atoms with Crippen molar-refractivity contribution in [1.29, 1.82) is 0 Å². The van der Waals surface area contributed by atoms with Crippen molar-refractivity contribution in [2.75, 3.05) is 0 Å². The molecular formula is C21H21F2N3O2. The van der Waals surface area contributed by atoms with Crippen LogP contribution in [0.5, 0.6) is 5.75 Å². The fraction of sp³-hybridized carbons (Fsp3) is 0.238. The zero-order chi connectivity index (χ0) is 19.9. The Kier molecular flexibility index (Phi) is 6.37. The van der Waals surface area contributed by atoms with Gasteiger partial charge in [0, 0.05) is 23.5 Å². The Balaban J connectivity index is 1.70. The molecule has 1 aromatic heterocycles. The van der Waals surface area contributed by atoms with Gasteiger partial charge in [0.15, 0.2) is 0 Å². The van der Waals surface area contributed by atoms with Crippen molar-refractivity contribution in [2.45, 2.75) is 32.5 Å². The van der Waals surface area contributed by atoms with Gasteiger partial charge in [-0.15, -0.1) is 0 Å². The average molecular weight is 385 g/mol. The average Bonchev–Trinajstić information content (AvgIpc) is 3.20. The minimum Gasteiger partial charge on any atom is -0.434 e. The van der Waals surface area contributed by atoms with Crippen LogP contribution >= 0.6 is 0 Å². The van der Waals surface area contributed by atoms with E-state index in [1.54, 1.807) is 41.2 Å². The molecule has 0 saturated carbocycles. The highest BCUT2D eigenvalue weighted by molar-refractivity contribution is 5.94. The van der Waals surface area contributed by atoms with Crippen molar-refractivity contribution in [3.8, 4) is 5.75 Å². The van der Waals surface area contributed by atoms with E-state index in [-0.39, 0.29) is 11.7 Å². The van der Waals surface area contributed by atoms with Crippen LogP contribution in [0.4, 0.5) is 8.78 Å². The topological polar surface area (TPSA) is 56.2 Å². The number of aromatic nitrogens is 2. The number of halogens is 2. The Morgan fingerprint density at radius 1 is 1.14 bits per heavy atom. The minimum atomic E-state index is -2.92. The molecule has 1 heterocycles. The van der Waals surface area contributed by atoms with E-state index in [9.17, 15) is 13.6 Å². The smallest absolute Gasteiger partial charge is 0.387 e. The second-order valence-corrected chi connectivity index (χ2v) is 6.25. The second kappa shape index (κ2) is 9.12. The van der Waals surface area contributed by atoms with Crippen LogP contribution in [-0.2, 0) is 6.54 Å². The van der Waals surface area contributed by atoms with Gasteiger partial charge in [-0.3, -0.25) is 9.48 Å². The fourth-order valence-electron chi connectivity index (χ4n) is 2.96. The molecule has 2 aromatic carbocycles. The van der Waals surface area contributed by atoms with Crippen LogP contribution < -0.4 is 10.1 Å². The molecule has 1 atom stereocenters. The maximum absolute atomic E-state index is 12.7. The van der Waals surface area contributed by atoms with Crippen molar-refractivity contribution in [2.24, 2.45) is 0 Å². The van der Waals surface area contributed by atoms with Gasteiger partial charge in [-0.1, -0.05) is 37.3 Å². The third kappa shape index (κ3) is 4.94. The molecular weight excluding hydrogens is 364 g/mol. The standard InChI is InChI=1S/C21H21F2N3O2/c1-2-18(17-6-3-4-7-19(17)28-21(22)23)25-20(27)16-10-8-15(9-11-16)14-26-13-5-12-24-26/h3-13,18,21H,2,14H2,1H3,(H,25,27). The molecule has 1 amide bonds. The van der Waals surface area contributed by atoms with Gasteiger partial charge >= 0.3 is 6.61 Å². The van der Waals surface area contributed by atoms with Gasteiger partial charge in [0.2, 0.25) is 0 Å².